The van der Waals surface area contributed by atoms with Crippen LogP contribution in [-0.2, 0) is 19.1 Å². The number of hydrogen-bond donors (Lipinski definition) is 2. The Hall–Kier alpha value is -3.99. The van der Waals surface area contributed by atoms with E-state index in [1.807, 2.05) is 4.90 Å². The van der Waals surface area contributed by atoms with E-state index in [-0.39, 0.29) is 37.2 Å². The minimum Gasteiger partial charge on any atom is -0.462 e. The highest BCUT2D eigenvalue weighted by molar-refractivity contribution is 5.98. The molecule has 2 heterocycles. The predicted octanol–water partition coefficient (Wildman–Crippen LogP) is 1.48. The third-order valence-corrected chi connectivity index (χ3v) is 6.63. The third kappa shape index (κ3) is 6.86. The lowest BCUT2D eigenvalue weighted by Gasteiger charge is -2.39. The van der Waals surface area contributed by atoms with Gasteiger partial charge in [-0.3, -0.25) is 19.3 Å². The normalized spacial score (nSPS) is 18.1. The van der Waals surface area contributed by atoms with Gasteiger partial charge in [-0.1, -0.05) is 0 Å². The summed E-state index contributed by atoms with van der Waals surface area (Å²) in [4.78, 5) is 56.0. The molecule has 0 spiro atoms. The van der Waals surface area contributed by atoms with E-state index in [0.717, 1.165) is 5.69 Å². The fourth-order valence-electron chi connectivity index (χ4n) is 4.61. The maximum Gasteiger partial charge on any atom is 0.338 e. The zero-order chi connectivity index (χ0) is 27.1. The van der Waals surface area contributed by atoms with E-state index in [1.54, 1.807) is 43.3 Å². The number of hydrogen-bond acceptors (Lipinski definition) is 7. The van der Waals surface area contributed by atoms with Gasteiger partial charge in [0.2, 0.25) is 17.7 Å². The molecular weight excluding hydrogens is 493 g/mol. The molecule has 4 rings (SSSR count). The molecule has 2 N–H and O–H groups in total. The molecule has 2 aromatic carbocycles. The van der Waals surface area contributed by atoms with Crippen molar-refractivity contribution in [2.75, 3.05) is 62.6 Å². The van der Waals surface area contributed by atoms with Crippen LogP contribution in [0, 0.1) is 5.82 Å². The van der Waals surface area contributed by atoms with Crippen LogP contribution < -0.4 is 15.5 Å². The van der Waals surface area contributed by atoms with Crippen LogP contribution >= 0.6 is 0 Å². The molecule has 0 bridgehead atoms. The fourth-order valence-corrected chi connectivity index (χ4v) is 4.61. The smallest absolute Gasteiger partial charge is 0.338 e. The minimum absolute atomic E-state index is 0.151. The predicted molar refractivity (Wildman–Crippen MR) is 139 cm³/mol. The van der Waals surface area contributed by atoms with Crippen LogP contribution in [0.25, 0.3) is 0 Å². The van der Waals surface area contributed by atoms with Crippen LogP contribution in [0.4, 0.5) is 15.8 Å². The first kappa shape index (κ1) is 27.1. The van der Waals surface area contributed by atoms with E-state index in [2.05, 4.69) is 15.5 Å². The Morgan fingerprint density at radius 1 is 1.00 bits per heavy atom. The molecule has 0 aromatic heterocycles. The zero-order valence-corrected chi connectivity index (χ0v) is 21.3. The summed E-state index contributed by atoms with van der Waals surface area (Å²) in [6.45, 7) is 5.48. The Bertz CT molecular complexity index is 1150. The molecule has 10 nitrogen and oxygen atoms in total. The maximum absolute atomic E-state index is 13.2. The number of amides is 3. The lowest BCUT2D eigenvalue weighted by molar-refractivity contribution is -0.145. The van der Waals surface area contributed by atoms with Crippen LogP contribution in [0.15, 0.2) is 48.5 Å². The summed E-state index contributed by atoms with van der Waals surface area (Å²) in [6, 6.07) is 11.7. The third-order valence-electron chi connectivity index (χ3n) is 6.63. The van der Waals surface area contributed by atoms with Gasteiger partial charge in [0.1, 0.15) is 11.9 Å². The van der Waals surface area contributed by atoms with E-state index in [4.69, 9.17) is 4.74 Å². The lowest BCUT2D eigenvalue weighted by Crippen LogP contribution is -2.60. The summed E-state index contributed by atoms with van der Waals surface area (Å²) in [5, 5.41) is 5.46. The summed E-state index contributed by atoms with van der Waals surface area (Å²) in [6.07, 6.45) is -0.185. The van der Waals surface area contributed by atoms with E-state index >= 15 is 0 Å². The van der Waals surface area contributed by atoms with Crippen molar-refractivity contribution >= 4 is 35.1 Å². The first-order chi connectivity index (χ1) is 18.3. The number of nitrogens with one attached hydrogen (secondary N) is 2. The average molecular weight is 526 g/mol. The van der Waals surface area contributed by atoms with Crippen LogP contribution in [0.3, 0.4) is 0 Å². The van der Waals surface area contributed by atoms with Gasteiger partial charge in [0, 0.05) is 50.6 Å². The highest BCUT2D eigenvalue weighted by atomic mass is 19.1. The monoisotopic (exact) mass is 525 g/mol. The first-order valence-corrected chi connectivity index (χ1v) is 12.7. The second-order valence-electron chi connectivity index (χ2n) is 9.18. The van der Waals surface area contributed by atoms with E-state index in [9.17, 15) is 23.6 Å². The number of nitrogens with zero attached hydrogens (tertiary/aromatic N) is 3. The molecule has 2 fully saturated rings. The summed E-state index contributed by atoms with van der Waals surface area (Å²) in [5.74, 6) is -1.71. The van der Waals surface area contributed by atoms with Crippen molar-refractivity contribution in [1.82, 2.24) is 15.1 Å². The van der Waals surface area contributed by atoms with E-state index in [1.165, 1.54) is 17.0 Å². The molecule has 38 heavy (non-hydrogen) atoms. The van der Waals surface area contributed by atoms with Crippen molar-refractivity contribution < 1.29 is 28.3 Å². The Labute approximate surface area is 220 Å². The van der Waals surface area contributed by atoms with Crippen LogP contribution in [-0.4, -0.2) is 92.0 Å². The molecule has 0 aliphatic carbocycles. The van der Waals surface area contributed by atoms with Crippen LogP contribution in [0.2, 0.25) is 0 Å². The molecule has 2 aromatic rings. The highest BCUT2D eigenvalue weighted by Gasteiger charge is 2.35. The molecule has 1 atom stereocenters. The highest BCUT2D eigenvalue weighted by Crippen LogP contribution is 2.18. The van der Waals surface area contributed by atoms with Crippen molar-refractivity contribution in [3.63, 3.8) is 0 Å². The number of rotatable bonds is 8. The molecule has 0 saturated carbocycles. The number of anilines is 2. The van der Waals surface area contributed by atoms with Gasteiger partial charge in [0.15, 0.2) is 0 Å². The average Bonchev–Trinajstić information content (AvgIpc) is 2.91. The Morgan fingerprint density at radius 3 is 2.34 bits per heavy atom. The van der Waals surface area contributed by atoms with Gasteiger partial charge in [-0.15, -0.1) is 0 Å². The Morgan fingerprint density at radius 2 is 1.68 bits per heavy atom. The van der Waals surface area contributed by atoms with Gasteiger partial charge in [0.05, 0.1) is 25.1 Å². The lowest BCUT2D eigenvalue weighted by atomic mass is 10.1. The topological polar surface area (TPSA) is 111 Å². The van der Waals surface area contributed by atoms with Crippen molar-refractivity contribution in [2.24, 2.45) is 0 Å². The van der Waals surface area contributed by atoms with E-state index in [0.29, 0.717) is 50.5 Å². The number of benzene rings is 2. The SMILES string of the molecule is CCOC(=O)c1ccc(NC(=O)C[C@@H]2C(=O)NCCN2C(=O)CN2CCN(c3ccc(F)cc3)CC2)cc1. The van der Waals surface area contributed by atoms with E-state index < -0.39 is 17.9 Å². The van der Waals surface area contributed by atoms with Crippen molar-refractivity contribution in [3.8, 4) is 0 Å². The number of halogens is 1. The maximum atomic E-state index is 13.2. The molecule has 2 saturated heterocycles. The number of piperazine rings is 2. The zero-order valence-electron chi connectivity index (χ0n) is 21.3. The Balaban J connectivity index is 1.30. The van der Waals surface area contributed by atoms with Crippen molar-refractivity contribution in [1.29, 1.82) is 0 Å². The summed E-state index contributed by atoms with van der Waals surface area (Å²) >= 11 is 0. The van der Waals surface area contributed by atoms with Gasteiger partial charge >= 0.3 is 5.97 Å². The standard InChI is InChI=1S/C27H32FN5O5/c1-2-38-27(37)19-3-7-21(8-4-19)30-24(34)17-23-26(36)29-11-12-33(23)25(35)18-31-13-15-32(16-14-31)22-9-5-20(28)6-10-22/h3-10,23H,2,11-18H2,1H3,(H,29,36)(H,30,34)/t23-/m1/s1. The molecule has 0 radical (unpaired) electrons. The Kier molecular flexibility index (Phi) is 8.90. The number of carbonyl (C=O) groups excluding carboxylic acids is 4. The van der Waals surface area contributed by atoms with Crippen LogP contribution in [0.1, 0.15) is 23.7 Å². The summed E-state index contributed by atoms with van der Waals surface area (Å²) in [5.41, 5.74) is 1.77. The molecule has 3 amide bonds. The summed E-state index contributed by atoms with van der Waals surface area (Å²) < 4.78 is 18.2. The molecule has 2 aliphatic heterocycles. The first-order valence-electron chi connectivity index (χ1n) is 12.7. The molecule has 11 heteroatoms. The second kappa shape index (κ2) is 12.5. The minimum atomic E-state index is -0.907. The number of ether oxygens (including phenoxy) is 1. The van der Waals surface area contributed by atoms with Crippen LogP contribution in [0.5, 0.6) is 0 Å². The van der Waals surface area contributed by atoms with Gasteiger partial charge in [-0.05, 0) is 55.5 Å². The summed E-state index contributed by atoms with van der Waals surface area (Å²) in [7, 11) is 0. The molecule has 202 valence electrons. The number of esters is 1. The number of carbonyl (C=O) groups is 4. The quantitative estimate of drug-likeness (QED) is 0.503. The second-order valence-corrected chi connectivity index (χ2v) is 9.18. The van der Waals surface area contributed by atoms with Crippen molar-refractivity contribution in [2.45, 2.75) is 19.4 Å². The van der Waals surface area contributed by atoms with Gasteiger partial charge in [-0.2, -0.15) is 0 Å². The van der Waals surface area contributed by atoms with Gasteiger partial charge in [-0.25, -0.2) is 9.18 Å². The van der Waals surface area contributed by atoms with Gasteiger partial charge < -0.3 is 25.2 Å². The molecule has 2 aliphatic rings. The molecular formula is C27H32FN5O5. The largest absolute Gasteiger partial charge is 0.462 e. The fraction of sp³-hybridized carbons (Fsp3) is 0.407. The molecule has 0 unspecified atom stereocenters. The van der Waals surface area contributed by atoms with Crippen molar-refractivity contribution in [3.05, 3.63) is 59.9 Å². The van der Waals surface area contributed by atoms with Gasteiger partial charge in [0.25, 0.3) is 0 Å².